The van der Waals surface area contributed by atoms with E-state index in [-0.39, 0.29) is 11.9 Å². The lowest BCUT2D eigenvalue weighted by molar-refractivity contribution is -0.135. The number of ether oxygens (including phenoxy) is 1. The molecule has 3 rings (SSSR count). The van der Waals surface area contributed by atoms with E-state index in [4.69, 9.17) is 4.74 Å². The van der Waals surface area contributed by atoms with Crippen molar-refractivity contribution >= 4 is 15.9 Å². The minimum Gasteiger partial charge on any atom is -0.497 e. The van der Waals surface area contributed by atoms with Crippen molar-refractivity contribution < 1.29 is 17.9 Å². The standard InChI is InChI=1S/C17H24N2O4S/c1-23-15-9-5-13(6-10-15)12-18(14-7-8-14)17(20)16-4-3-11-19(16)24(2,21)22/h5-6,9-10,14,16H,3-4,7-8,11-12H2,1-2H3. The van der Waals surface area contributed by atoms with Crippen molar-refractivity contribution in [2.24, 2.45) is 0 Å². The smallest absolute Gasteiger partial charge is 0.241 e. The first-order chi connectivity index (χ1) is 11.4. The number of hydrogen-bond acceptors (Lipinski definition) is 4. The van der Waals surface area contributed by atoms with Crippen LogP contribution in [0.3, 0.4) is 0 Å². The van der Waals surface area contributed by atoms with Crippen LogP contribution in [0.2, 0.25) is 0 Å². The molecule has 132 valence electrons. The fraction of sp³-hybridized carbons (Fsp3) is 0.588. The number of methoxy groups -OCH3 is 1. The molecule has 1 aromatic carbocycles. The fourth-order valence-corrected chi connectivity index (χ4v) is 4.39. The zero-order chi connectivity index (χ0) is 17.3. The molecule has 0 bridgehead atoms. The average Bonchev–Trinajstić information content (AvgIpc) is 3.26. The highest BCUT2D eigenvalue weighted by Crippen LogP contribution is 2.32. The second-order valence-electron chi connectivity index (χ2n) is 6.58. The molecule has 1 unspecified atom stereocenters. The summed E-state index contributed by atoms with van der Waals surface area (Å²) in [4.78, 5) is 14.9. The zero-order valence-corrected chi connectivity index (χ0v) is 15.0. The van der Waals surface area contributed by atoms with Crippen molar-refractivity contribution in [2.45, 2.75) is 44.3 Å². The van der Waals surface area contributed by atoms with Gasteiger partial charge in [0.1, 0.15) is 11.8 Å². The quantitative estimate of drug-likeness (QED) is 0.780. The van der Waals surface area contributed by atoms with Crippen molar-refractivity contribution in [1.82, 2.24) is 9.21 Å². The molecule has 24 heavy (non-hydrogen) atoms. The maximum absolute atomic E-state index is 13.0. The molecule has 1 heterocycles. The number of benzene rings is 1. The SMILES string of the molecule is COc1ccc(CN(C(=O)C2CCCN2S(C)(=O)=O)C2CC2)cc1. The van der Waals surface area contributed by atoms with Crippen molar-refractivity contribution in [2.75, 3.05) is 19.9 Å². The largest absolute Gasteiger partial charge is 0.497 e. The van der Waals surface area contributed by atoms with E-state index in [1.807, 2.05) is 29.2 Å². The van der Waals surface area contributed by atoms with Gasteiger partial charge in [-0.05, 0) is 43.4 Å². The van der Waals surface area contributed by atoms with Crippen LogP contribution in [-0.4, -0.2) is 55.5 Å². The predicted molar refractivity (Wildman–Crippen MR) is 91.1 cm³/mol. The third-order valence-electron chi connectivity index (χ3n) is 4.70. The van der Waals surface area contributed by atoms with Gasteiger partial charge >= 0.3 is 0 Å². The van der Waals surface area contributed by atoms with Gasteiger partial charge in [0, 0.05) is 19.1 Å². The number of carbonyl (C=O) groups excluding carboxylic acids is 1. The molecule has 0 N–H and O–H groups in total. The Balaban J connectivity index is 1.76. The molecule has 0 aromatic heterocycles. The molecule has 7 heteroatoms. The van der Waals surface area contributed by atoms with Crippen LogP contribution in [-0.2, 0) is 21.4 Å². The highest BCUT2D eigenvalue weighted by Gasteiger charge is 2.42. The molecule has 0 radical (unpaired) electrons. The Hall–Kier alpha value is -1.60. The maximum Gasteiger partial charge on any atom is 0.241 e. The summed E-state index contributed by atoms with van der Waals surface area (Å²) in [7, 11) is -1.73. The van der Waals surface area contributed by atoms with E-state index in [0.717, 1.165) is 30.6 Å². The molecule has 1 saturated carbocycles. The van der Waals surface area contributed by atoms with Crippen LogP contribution in [0.15, 0.2) is 24.3 Å². The van der Waals surface area contributed by atoms with Crippen LogP contribution in [0.4, 0.5) is 0 Å². The summed E-state index contributed by atoms with van der Waals surface area (Å²) in [5.74, 6) is 0.721. The molecule has 1 aliphatic heterocycles. The molecule has 1 atom stereocenters. The second kappa shape index (κ2) is 6.72. The normalized spacial score (nSPS) is 21.7. The van der Waals surface area contributed by atoms with Gasteiger partial charge in [0.05, 0.1) is 13.4 Å². The monoisotopic (exact) mass is 352 g/mol. The first-order valence-corrected chi connectivity index (χ1v) is 10.1. The summed E-state index contributed by atoms with van der Waals surface area (Å²) in [6, 6.07) is 7.35. The third-order valence-corrected chi connectivity index (χ3v) is 5.99. The van der Waals surface area contributed by atoms with Gasteiger partial charge in [0.25, 0.3) is 0 Å². The molecule has 1 amide bonds. The Labute approximate surface area is 143 Å². The molecular formula is C17H24N2O4S. The molecule has 2 aliphatic rings. The fourth-order valence-electron chi connectivity index (χ4n) is 3.28. The lowest BCUT2D eigenvalue weighted by atomic mass is 10.1. The minimum atomic E-state index is -3.35. The van der Waals surface area contributed by atoms with E-state index < -0.39 is 16.1 Å². The molecule has 2 fully saturated rings. The Morgan fingerprint density at radius 3 is 2.46 bits per heavy atom. The van der Waals surface area contributed by atoms with Crippen LogP contribution < -0.4 is 4.74 Å². The Kier molecular flexibility index (Phi) is 4.83. The van der Waals surface area contributed by atoms with E-state index in [0.29, 0.717) is 19.5 Å². The summed E-state index contributed by atoms with van der Waals surface area (Å²) in [5, 5.41) is 0. The number of hydrogen-bond donors (Lipinski definition) is 0. The third kappa shape index (κ3) is 3.72. The van der Waals surface area contributed by atoms with Gasteiger partial charge in [-0.15, -0.1) is 0 Å². The van der Waals surface area contributed by atoms with Crippen molar-refractivity contribution in [3.05, 3.63) is 29.8 Å². The Morgan fingerprint density at radius 2 is 1.92 bits per heavy atom. The number of rotatable bonds is 6. The average molecular weight is 352 g/mol. The van der Waals surface area contributed by atoms with Crippen molar-refractivity contribution in [1.29, 1.82) is 0 Å². The summed E-state index contributed by atoms with van der Waals surface area (Å²) in [6.45, 7) is 0.956. The first-order valence-electron chi connectivity index (χ1n) is 8.30. The zero-order valence-electron chi connectivity index (χ0n) is 14.1. The number of nitrogens with zero attached hydrogens (tertiary/aromatic N) is 2. The molecule has 6 nitrogen and oxygen atoms in total. The molecule has 1 saturated heterocycles. The lowest BCUT2D eigenvalue weighted by Gasteiger charge is -2.29. The molecular weight excluding hydrogens is 328 g/mol. The molecule has 1 aliphatic carbocycles. The van der Waals surface area contributed by atoms with Crippen molar-refractivity contribution in [3.8, 4) is 5.75 Å². The van der Waals surface area contributed by atoms with Gasteiger partial charge in [-0.25, -0.2) is 8.42 Å². The van der Waals surface area contributed by atoms with E-state index in [2.05, 4.69) is 0 Å². The number of sulfonamides is 1. The lowest BCUT2D eigenvalue weighted by Crippen LogP contribution is -2.48. The highest BCUT2D eigenvalue weighted by atomic mass is 32.2. The van der Waals surface area contributed by atoms with E-state index in [1.54, 1.807) is 7.11 Å². The van der Waals surface area contributed by atoms with Gasteiger partial charge < -0.3 is 9.64 Å². The van der Waals surface area contributed by atoms with Gasteiger partial charge in [0.2, 0.25) is 15.9 Å². The maximum atomic E-state index is 13.0. The predicted octanol–water partition coefficient (Wildman–Crippen LogP) is 1.61. The number of amides is 1. The van der Waals surface area contributed by atoms with E-state index in [1.165, 1.54) is 10.6 Å². The van der Waals surface area contributed by atoms with Crippen molar-refractivity contribution in [3.63, 3.8) is 0 Å². The van der Waals surface area contributed by atoms with Crippen LogP contribution in [0.5, 0.6) is 5.75 Å². The van der Waals surface area contributed by atoms with Gasteiger partial charge in [0.15, 0.2) is 0 Å². The number of carbonyl (C=O) groups is 1. The van der Waals surface area contributed by atoms with Gasteiger partial charge in [-0.2, -0.15) is 4.31 Å². The van der Waals surface area contributed by atoms with Crippen LogP contribution in [0.1, 0.15) is 31.2 Å². The summed E-state index contributed by atoms with van der Waals surface area (Å²) in [5.41, 5.74) is 1.03. The minimum absolute atomic E-state index is 0.0590. The summed E-state index contributed by atoms with van der Waals surface area (Å²) < 4.78 is 30.4. The second-order valence-corrected chi connectivity index (χ2v) is 8.51. The highest BCUT2D eigenvalue weighted by molar-refractivity contribution is 7.88. The summed E-state index contributed by atoms with van der Waals surface area (Å²) >= 11 is 0. The molecule has 0 spiro atoms. The topological polar surface area (TPSA) is 66.9 Å². The Bertz CT molecular complexity index is 698. The van der Waals surface area contributed by atoms with Crippen LogP contribution in [0, 0.1) is 0 Å². The van der Waals surface area contributed by atoms with Gasteiger partial charge in [-0.1, -0.05) is 12.1 Å². The van der Waals surface area contributed by atoms with E-state index >= 15 is 0 Å². The first kappa shape index (κ1) is 17.2. The summed E-state index contributed by atoms with van der Waals surface area (Å²) in [6.07, 6.45) is 4.52. The Morgan fingerprint density at radius 1 is 1.25 bits per heavy atom. The molecule has 1 aromatic rings. The van der Waals surface area contributed by atoms with Crippen LogP contribution in [0.25, 0.3) is 0 Å². The van der Waals surface area contributed by atoms with E-state index in [9.17, 15) is 13.2 Å². The van der Waals surface area contributed by atoms with Gasteiger partial charge in [-0.3, -0.25) is 4.79 Å². The van der Waals surface area contributed by atoms with Crippen LogP contribution >= 0.6 is 0 Å².